The lowest BCUT2D eigenvalue weighted by atomic mass is 9.98. The Morgan fingerprint density at radius 3 is 1.48 bits per heavy atom. The second kappa shape index (κ2) is 18.2. The number of carbonyl (C=O) groups excluding carboxylic acids is 4. The van der Waals surface area contributed by atoms with E-state index in [1.165, 1.54) is 0 Å². The Hall–Kier alpha value is -3.36. The van der Waals surface area contributed by atoms with Crippen LogP contribution in [0.5, 0.6) is 0 Å². The smallest absolute Gasteiger partial charge is 0.306 e. The van der Waals surface area contributed by atoms with Crippen molar-refractivity contribution < 1.29 is 38.1 Å². The van der Waals surface area contributed by atoms with Crippen LogP contribution in [0.1, 0.15) is 90.2 Å². The number of hydrogen-bond donors (Lipinski definition) is 0. The van der Waals surface area contributed by atoms with Crippen molar-refractivity contribution in [3.05, 3.63) is 71.8 Å². The highest BCUT2D eigenvalue weighted by molar-refractivity contribution is 5.87. The van der Waals surface area contributed by atoms with E-state index in [1.54, 1.807) is 27.7 Å². The zero-order chi connectivity index (χ0) is 30.8. The van der Waals surface area contributed by atoms with E-state index in [0.717, 1.165) is 11.1 Å². The topological polar surface area (TPSA) is 105 Å². The first-order valence-corrected chi connectivity index (χ1v) is 14.7. The maximum Gasteiger partial charge on any atom is 0.306 e. The predicted molar refractivity (Wildman–Crippen MR) is 159 cm³/mol. The highest BCUT2D eigenvalue weighted by atomic mass is 16.6. The fourth-order valence-corrected chi connectivity index (χ4v) is 4.05. The molecule has 0 aliphatic carbocycles. The Labute approximate surface area is 250 Å². The van der Waals surface area contributed by atoms with Gasteiger partial charge in [0.15, 0.2) is 11.6 Å². The van der Waals surface area contributed by atoms with Crippen LogP contribution in [0.3, 0.4) is 0 Å². The first kappa shape index (κ1) is 34.8. The van der Waals surface area contributed by atoms with E-state index in [-0.39, 0.29) is 62.6 Å². The van der Waals surface area contributed by atoms with E-state index in [9.17, 15) is 19.2 Å². The third-order valence-corrected chi connectivity index (χ3v) is 6.91. The van der Waals surface area contributed by atoms with Gasteiger partial charge in [-0.3, -0.25) is 19.2 Å². The molecule has 0 atom stereocenters. The van der Waals surface area contributed by atoms with Crippen LogP contribution >= 0.6 is 0 Å². The summed E-state index contributed by atoms with van der Waals surface area (Å²) < 4.78 is 22.0. The molecule has 0 aromatic heterocycles. The number of rotatable bonds is 21. The molecule has 42 heavy (non-hydrogen) atoms. The molecule has 8 heteroatoms. The fraction of sp³-hybridized carbons (Fsp3) is 0.529. The third kappa shape index (κ3) is 14.0. The molecule has 0 amide bonds. The monoisotopic (exact) mass is 582 g/mol. The molecule has 0 aliphatic rings. The van der Waals surface area contributed by atoms with Gasteiger partial charge in [-0.15, -0.1) is 0 Å². The van der Waals surface area contributed by atoms with Crippen LogP contribution in [0.2, 0.25) is 0 Å². The van der Waals surface area contributed by atoms with Crippen molar-refractivity contribution in [2.24, 2.45) is 0 Å². The average Bonchev–Trinajstić information content (AvgIpc) is 2.98. The summed E-state index contributed by atoms with van der Waals surface area (Å²) in [7, 11) is 0. The summed E-state index contributed by atoms with van der Waals surface area (Å²) in [6.07, 6.45) is 3.27. The van der Waals surface area contributed by atoms with Crippen molar-refractivity contribution in [3.63, 3.8) is 0 Å². The summed E-state index contributed by atoms with van der Waals surface area (Å²) in [4.78, 5) is 49.1. The van der Waals surface area contributed by atoms with Gasteiger partial charge in [0.2, 0.25) is 0 Å². The summed E-state index contributed by atoms with van der Waals surface area (Å²) >= 11 is 0. The van der Waals surface area contributed by atoms with Gasteiger partial charge < -0.3 is 18.9 Å². The van der Waals surface area contributed by atoms with E-state index < -0.39 is 11.2 Å². The zero-order valence-corrected chi connectivity index (χ0v) is 25.5. The molecular formula is C34H46O8. The van der Waals surface area contributed by atoms with Gasteiger partial charge in [-0.2, -0.15) is 0 Å². The van der Waals surface area contributed by atoms with E-state index in [1.807, 2.05) is 60.7 Å². The maximum atomic E-state index is 12.6. The highest BCUT2D eigenvalue weighted by Crippen LogP contribution is 2.19. The number of benzene rings is 2. The van der Waals surface area contributed by atoms with Gasteiger partial charge in [0.25, 0.3) is 0 Å². The molecule has 0 radical (unpaired) electrons. The third-order valence-electron chi connectivity index (χ3n) is 6.91. The molecule has 0 spiro atoms. The van der Waals surface area contributed by atoms with Gasteiger partial charge in [-0.05, 0) is 64.5 Å². The molecule has 0 fully saturated rings. The van der Waals surface area contributed by atoms with Gasteiger partial charge >= 0.3 is 11.9 Å². The maximum absolute atomic E-state index is 12.6. The van der Waals surface area contributed by atoms with Crippen molar-refractivity contribution in [1.29, 1.82) is 0 Å². The number of ether oxygens (including phenoxy) is 4. The van der Waals surface area contributed by atoms with Crippen LogP contribution in [0, 0.1) is 0 Å². The van der Waals surface area contributed by atoms with Gasteiger partial charge in [0, 0.05) is 25.7 Å². The largest absolute Gasteiger partial charge is 0.463 e. The lowest BCUT2D eigenvalue weighted by Crippen LogP contribution is -2.36. The van der Waals surface area contributed by atoms with Crippen molar-refractivity contribution in [3.8, 4) is 0 Å². The quantitative estimate of drug-likeness (QED) is 0.124. The number of unbranched alkanes of at least 4 members (excludes halogenated alkanes) is 2. The molecule has 0 N–H and O–H groups in total. The summed E-state index contributed by atoms with van der Waals surface area (Å²) in [5.41, 5.74) is 0.0247. The first-order chi connectivity index (χ1) is 20.0. The number of Topliss-reactive ketones (excluding diaryl/α,β-unsaturated/α-hetero) is 2. The molecule has 0 aliphatic heterocycles. The van der Waals surface area contributed by atoms with E-state index in [4.69, 9.17) is 18.9 Å². The second-order valence-corrected chi connectivity index (χ2v) is 11.3. The summed E-state index contributed by atoms with van der Waals surface area (Å²) in [5, 5.41) is 0. The molecule has 0 saturated carbocycles. The van der Waals surface area contributed by atoms with Crippen LogP contribution in [0.25, 0.3) is 0 Å². The van der Waals surface area contributed by atoms with Crippen LogP contribution in [-0.4, -0.2) is 47.9 Å². The van der Waals surface area contributed by atoms with E-state index in [2.05, 4.69) is 0 Å². The van der Waals surface area contributed by atoms with Crippen molar-refractivity contribution in [2.45, 2.75) is 103 Å². The number of carbonyl (C=O) groups is 4. The minimum absolute atomic E-state index is 0.00455. The van der Waals surface area contributed by atoms with Crippen LogP contribution in [-0.2, 0) is 51.3 Å². The lowest BCUT2D eigenvalue weighted by molar-refractivity contribution is -0.151. The Morgan fingerprint density at radius 2 is 0.952 bits per heavy atom. The zero-order valence-electron chi connectivity index (χ0n) is 25.5. The minimum Gasteiger partial charge on any atom is -0.463 e. The van der Waals surface area contributed by atoms with Gasteiger partial charge in [-0.1, -0.05) is 60.7 Å². The molecule has 2 aromatic carbocycles. The number of hydrogen-bond acceptors (Lipinski definition) is 8. The van der Waals surface area contributed by atoms with Crippen molar-refractivity contribution >= 4 is 23.5 Å². The molecule has 2 aromatic rings. The average molecular weight is 583 g/mol. The molecule has 2 rings (SSSR count). The van der Waals surface area contributed by atoms with Crippen molar-refractivity contribution in [1.82, 2.24) is 0 Å². The molecule has 0 bridgehead atoms. The minimum atomic E-state index is -1.02. The molecule has 0 unspecified atom stereocenters. The Morgan fingerprint density at radius 1 is 0.524 bits per heavy atom. The predicted octanol–water partition coefficient (Wildman–Crippen LogP) is 6.32. The first-order valence-electron chi connectivity index (χ1n) is 14.7. The lowest BCUT2D eigenvalue weighted by Gasteiger charge is -2.24. The fourth-order valence-electron chi connectivity index (χ4n) is 4.05. The van der Waals surface area contributed by atoms with Crippen LogP contribution in [0.4, 0.5) is 0 Å². The van der Waals surface area contributed by atoms with Gasteiger partial charge in [0.1, 0.15) is 24.4 Å². The highest BCUT2D eigenvalue weighted by Gasteiger charge is 2.28. The van der Waals surface area contributed by atoms with Crippen LogP contribution < -0.4 is 0 Å². The summed E-state index contributed by atoms with van der Waals surface area (Å²) in [6.45, 7) is 7.66. The van der Waals surface area contributed by atoms with E-state index in [0.29, 0.717) is 38.7 Å². The molecule has 0 heterocycles. The molecular weight excluding hydrogens is 536 g/mol. The normalized spacial score (nSPS) is 11.6. The molecule has 0 saturated heterocycles. The summed E-state index contributed by atoms with van der Waals surface area (Å²) in [6, 6.07) is 19.2. The second-order valence-electron chi connectivity index (χ2n) is 11.3. The van der Waals surface area contributed by atoms with Crippen LogP contribution in [0.15, 0.2) is 60.7 Å². The van der Waals surface area contributed by atoms with Crippen molar-refractivity contribution in [2.75, 3.05) is 13.2 Å². The molecule has 230 valence electrons. The Balaban J connectivity index is 1.51. The van der Waals surface area contributed by atoms with Gasteiger partial charge in [-0.25, -0.2) is 0 Å². The van der Waals surface area contributed by atoms with Gasteiger partial charge in [0.05, 0.1) is 13.2 Å². The number of ketones is 2. The Kier molecular flexibility index (Phi) is 15.1. The SMILES string of the molecule is CC(C)(OCCOC(=O)CCCCC(=O)C(C)(C)OCc1ccccc1)C(=O)CCCCC(=O)OCc1ccccc1. The number of esters is 2. The Bertz CT molecular complexity index is 1110. The standard InChI is InChI=1S/C34H46O8/c1-33(2,29(35)19-12-14-22-32(38)40-25-27-15-7-5-8-16-27)41-24-23-39-31(37)21-13-11-20-30(36)34(3,4)42-26-28-17-9-6-10-18-28/h5-10,15-18H,11-14,19-26H2,1-4H3. The van der Waals surface area contributed by atoms with E-state index >= 15 is 0 Å². The summed E-state index contributed by atoms with van der Waals surface area (Å²) in [5.74, 6) is -0.734. The molecule has 8 nitrogen and oxygen atoms in total.